The Balaban J connectivity index is 1.72. The van der Waals surface area contributed by atoms with Crippen molar-refractivity contribution >= 4 is 23.5 Å². The number of halogens is 1. The Labute approximate surface area is 169 Å². The number of hydrogen-bond acceptors (Lipinski definition) is 6. The van der Waals surface area contributed by atoms with Crippen LogP contribution >= 0.6 is 11.6 Å². The fourth-order valence-corrected chi connectivity index (χ4v) is 3.13. The molecule has 0 bridgehead atoms. The molecule has 4 atom stereocenters. The van der Waals surface area contributed by atoms with E-state index in [-0.39, 0.29) is 6.61 Å². The summed E-state index contributed by atoms with van der Waals surface area (Å²) in [6.45, 7) is 3.18. The molecular weight excluding hydrogens is 384 g/mol. The number of hydrogen-bond donors (Lipinski definition) is 1. The Morgan fingerprint density at radius 2 is 1.68 bits per heavy atom. The molecule has 0 saturated carbocycles. The van der Waals surface area contributed by atoms with Gasteiger partial charge in [0.2, 0.25) is 5.25 Å². The Morgan fingerprint density at radius 1 is 1.14 bits per heavy atom. The molecule has 3 rings (SSSR count). The van der Waals surface area contributed by atoms with Crippen LogP contribution in [0.25, 0.3) is 0 Å². The highest BCUT2D eigenvalue weighted by atomic mass is 35.5. The van der Waals surface area contributed by atoms with Crippen molar-refractivity contribution in [3.63, 3.8) is 0 Å². The van der Waals surface area contributed by atoms with Crippen LogP contribution in [-0.4, -0.2) is 41.1 Å². The predicted molar refractivity (Wildman–Crippen MR) is 102 cm³/mol. The van der Waals surface area contributed by atoms with Crippen molar-refractivity contribution in [2.24, 2.45) is 0 Å². The van der Waals surface area contributed by atoms with Gasteiger partial charge in [0.25, 0.3) is 0 Å². The minimum absolute atomic E-state index is 0.320. The van der Waals surface area contributed by atoms with Gasteiger partial charge in [0.1, 0.15) is 18.8 Å². The fraction of sp³-hybridized carbons (Fsp3) is 0.333. The van der Waals surface area contributed by atoms with E-state index < -0.39 is 35.8 Å². The van der Waals surface area contributed by atoms with E-state index in [1.165, 1.54) is 0 Å². The van der Waals surface area contributed by atoms with Crippen LogP contribution in [0, 0.1) is 13.8 Å². The van der Waals surface area contributed by atoms with E-state index in [2.05, 4.69) is 0 Å². The maximum absolute atomic E-state index is 12.5. The molecule has 1 N–H and O–H groups in total. The zero-order valence-electron chi connectivity index (χ0n) is 16.4. The lowest BCUT2D eigenvalue weighted by atomic mass is 10.1. The molecule has 0 spiro atoms. The summed E-state index contributed by atoms with van der Waals surface area (Å²) in [5.74, 6) is -1.28. The molecule has 28 heavy (non-hydrogen) atoms. The van der Waals surface area contributed by atoms with E-state index in [4.69, 9.17) is 27.2 Å². The summed E-state index contributed by atoms with van der Waals surface area (Å²) in [5, 5.41) is 7.73. The van der Waals surface area contributed by atoms with E-state index in [0.29, 0.717) is 16.7 Å². The van der Waals surface area contributed by atoms with Crippen LogP contribution in [0.2, 0.25) is 0 Å². The molecule has 1 saturated heterocycles. The lowest BCUT2D eigenvalue weighted by Crippen LogP contribution is -2.32. The van der Waals surface area contributed by atoms with Gasteiger partial charge in [-0.1, -0.05) is 48.0 Å². The average molecular weight is 406 g/mol. The van der Waals surface area contributed by atoms with Gasteiger partial charge in [-0.3, -0.25) is 0 Å². The molecule has 1 aliphatic heterocycles. The maximum atomic E-state index is 12.5. The summed E-state index contributed by atoms with van der Waals surface area (Å²) in [4.78, 5) is 24.9. The molecule has 1 fully saturated rings. The number of carbonyl (C=O) groups is 2. The summed E-state index contributed by atoms with van der Waals surface area (Å²) >= 11 is 5.84. The van der Waals surface area contributed by atoms with E-state index in [1.807, 2.05) is 0 Å². The van der Waals surface area contributed by atoms with Crippen molar-refractivity contribution in [3.8, 4) is 0 Å². The molecule has 1 aliphatic rings. The number of esters is 2. The van der Waals surface area contributed by atoms with Crippen LogP contribution in [0.15, 0.2) is 48.5 Å². The quantitative estimate of drug-likeness (QED) is 0.606. The third-order valence-electron chi connectivity index (χ3n) is 4.40. The van der Waals surface area contributed by atoms with Gasteiger partial charge in [-0.25, -0.2) is 9.59 Å². The molecule has 0 radical (unpaired) electrons. The van der Waals surface area contributed by atoms with E-state index in [0.717, 1.165) is 5.56 Å². The Hall–Kier alpha value is -2.41. The molecule has 0 aliphatic carbocycles. The molecule has 2 aromatic carbocycles. The van der Waals surface area contributed by atoms with E-state index >= 15 is 0 Å². The molecule has 7 heteroatoms. The number of ether oxygens (including phenoxy) is 3. The second-order valence-electron chi connectivity index (χ2n) is 6.53. The third-order valence-corrected chi connectivity index (χ3v) is 4.62. The van der Waals surface area contributed by atoms with Gasteiger partial charge >= 0.3 is 11.9 Å². The van der Waals surface area contributed by atoms with Gasteiger partial charge in [-0.15, -0.1) is 0 Å². The number of benzene rings is 2. The van der Waals surface area contributed by atoms with Crippen molar-refractivity contribution in [2.75, 3.05) is 6.61 Å². The summed E-state index contributed by atoms with van der Waals surface area (Å²) in [6, 6.07) is 13.7. The molecule has 0 aromatic heterocycles. The van der Waals surface area contributed by atoms with Crippen LogP contribution in [-0.2, 0) is 14.2 Å². The standard InChI is InChI=1S/C21H21ClO6/c1-13-7-3-5-9-15(13)19(23)26-12-18-17(11-21(22,25)28-18)27-20(24)16-10-6-4-8-14(16)2/h3-10,17-18,25H,11-12H2,1-2H3/t17-,18+,21?/m0/s1/i11D/t11-,17+,18-,21?/m1. The molecular formula is C21H21ClO6. The van der Waals surface area contributed by atoms with Crippen LogP contribution in [0.3, 0.4) is 0 Å². The molecule has 1 unspecified atom stereocenters. The summed E-state index contributed by atoms with van der Waals surface area (Å²) in [5.41, 5.74) is 2.13. The van der Waals surface area contributed by atoms with Crippen LogP contribution in [0.4, 0.5) is 0 Å². The monoisotopic (exact) mass is 405 g/mol. The molecule has 148 valence electrons. The third kappa shape index (κ3) is 4.70. The summed E-state index contributed by atoms with van der Waals surface area (Å²) < 4.78 is 24.0. The predicted octanol–water partition coefficient (Wildman–Crippen LogP) is 3.36. The van der Waals surface area contributed by atoms with Gasteiger partial charge in [-0.2, -0.15) is 0 Å². The number of rotatable bonds is 5. The highest BCUT2D eigenvalue weighted by Crippen LogP contribution is 2.34. The van der Waals surface area contributed by atoms with Gasteiger partial charge in [0.05, 0.1) is 17.5 Å². The van der Waals surface area contributed by atoms with Crippen LogP contribution in [0.1, 0.15) is 39.6 Å². The largest absolute Gasteiger partial charge is 0.459 e. The first-order valence-corrected chi connectivity index (χ1v) is 9.09. The van der Waals surface area contributed by atoms with E-state index in [9.17, 15) is 14.7 Å². The van der Waals surface area contributed by atoms with Crippen molar-refractivity contribution in [2.45, 2.75) is 37.7 Å². The highest BCUT2D eigenvalue weighted by Gasteiger charge is 2.47. The van der Waals surface area contributed by atoms with Gasteiger partial charge in [0.15, 0.2) is 0 Å². The summed E-state index contributed by atoms with van der Waals surface area (Å²) in [6.07, 6.45) is -3.81. The first-order valence-electron chi connectivity index (χ1n) is 9.29. The van der Waals surface area contributed by atoms with Gasteiger partial charge < -0.3 is 19.3 Å². The number of aliphatic hydroxyl groups is 1. The average Bonchev–Trinajstić information content (AvgIpc) is 2.89. The topological polar surface area (TPSA) is 82.1 Å². The first kappa shape index (κ1) is 18.9. The molecule has 1 heterocycles. The maximum Gasteiger partial charge on any atom is 0.338 e. The smallest absolute Gasteiger partial charge is 0.338 e. The normalized spacial score (nSPS) is 27.1. The Bertz CT molecular complexity index is 916. The van der Waals surface area contributed by atoms with E-state index in [1.54, 1.807) is 62.4 Å². The lowest BCUT2D eigenvalue weighted by Gasteiger charge is -2.19. The molecule has 2 aromatic rings. The molecule has 6 nitrogen and oxygen atoms in total. The number of carbonyl (C=O) groups excluding carboxylic acids is 2. The highest BCUT2D eigenvalue weighted by molar-refractivity contribution is 6.21. The molecule has 0 amide bonds. The Morgan fingerprint density at radius 3 is 2.25 bits per heavy atom. The number of alkyl halides is 1. The van der Waals surface area contributed by atoms with Crippen molar-refractivity contribution in [1.29, 1.82) is 0 Å². The van der Waals surface area contributed by atoms with Crippen LogP contribution < -0.4 is 0 Å². The van der Waals surface area contributed by atoms with Gasteiger partial charge in [0, 0.05) is 1.37 Å². The zero-order valence-corrected chi connectivity index (χ0v) is 16.2. The zero-order chi connectivity index (χ0) is 21.2. The minimum atomic E-state index is -2.36. The number of aryl methyl sites for hydroxylation is 2. The second-order valence-corrected chi connectivity index (χ2v) is 7.07. The lowest BCUT2D eigenvalue weighted by molar-refractivity contribution is -0.140. The summed E-state index contributed by atoms with van der Waals surface area (Å²) in [7, 11) is 0. The second kappa shape index (κ2) is 8.31. The van der Waals surface area contributed by atoms with Crippen LogP contribution in [0.5, 0.6) is 0 Å². The van der Waals surface area contributed by atoms with Crippen molar-refractivity contribution < 1.29 is 30.3 Å². The SMILES string of the molecule is [2H][C@@H]1[C@H](OC(=O)c2ccccc2C)[C@@H](COC(=O)c2ccccc2C)OC1(O)Cl. The fourth-order valence-electron chi connectivity index (χ4n) is 2.89. The Kier molecular flexibility index (Phi) is 5.62. The van der Waals surface area contributed by atoms with Crippen molar-refractivity contribution in [3.05, 3.63) is 70.8 Å². The first-order chi connectivity index (χ1) is 13.7. The van der Waals surface area contributed by atoms with Gasteiger partial charge in [-0.05, 0) is 37.1 Å². The minimum Gasteiger partial charge on any atom is -0.459 e. The van der Waals surface area contributed by atoms with Crippen molar-refractivity contribution in [1.82, 2.24) is 0 Å².